The van der Waals surface area contributed by atoms with Crippen LogP contribution in [0.5, 0.6) is 0 Å². The van der Waals surface area contributed by atoms with Crippen LogP contribution in [0.3, 0.4) is 0 Å². The van der Waals surface area contributed by atoms with E-state index in [0.717, 1.165) is 24.0 Å². The molecule has 30 heavy (non-hydrogen) atoms. The summed E-state index contributed by atoms with van der Waals surface area (Å²) in [5.74, 6) is 0.124. The van der Waals surface area contributed by atoms with Gasteiger partial charge in [0.25, 0.3) is 0 Å². The molecule has 0 N–H and O–H groups in total. The van der Waals surface area contributed by atoms with Crippen LogP contribution in [0, 0.1) is 6.92 Å². The maximum absolute atomic E-state index is 13.1. The first kappa shape index (κ1) is 20.4. The molecule has 1 unspecified atom stereocenters. The number of thioether (sulfide) groups is 1. The molecule has 152 valence electrons. The lowest BCUT2D eigenvalue weighted by atomic mass is 10.0. The molecule has 5 heteroatoms. The predicted octanol–water partition coefficient (Wildman–Crippen LogP) is 5.78. The van der Waals surface area contributed by atoms with Gasteiger partial charge >= 0.3 is 0 Å². The van der Waals surface area contributed by atoms with Gasteiger partial charge in [-0.1, -0.05) is 97.4 Å². The summed E-state index contributed by atoms with van der Waals surface area (Å²) in [7, 11) is 0. The summed E-state index contributed by atoms with van der Waals surface area (Å²) in [5, 5.41) is 11.7. The fraction of sp³-hybridized carbons (Fsp3) is 0.240. The number of hydrogen-bond donors (Lipinski definition) is 0. The average Bonchev–Trinajstić information content (AvgIpc) is 3.05. The fourth-order valence-electron chi connectivity index (χ4n) is 3.58. The third-order valence-corrected chi connectivity index (χ3v) is 6.44. The molecular formula is C25H25N3OS. The van der Waals surface area contributed by atoms with Gasteiger partial charge in [0.1, 0.15) is 0 Å². The number of carbonyl (C=O) groups is 1. The largest absolute Gasteiger partial charge is 0.284 e. The Morgan fingerprint density at radius 1 is 1.03 bits per heavy atom. The van der Waals surface area contributed by atoms with Crippen LogP contribution < -0.4 is 0 Å². The van der Waals surface area contributed by atoms with Crippen molar-refractivity contribution in [3.63, 3.8) is 0 Å². The summed E-state index contributed by atoms with van der Waals surface area (Å²) < 4.78 is 0. The molecule has 0 aliphatic carbocycles. The molecule has 0 saturated carbocycles. The van der Waals surface area contributed by atoms with Crippen molar-refractivity contribution in [3.05, 3.63) is 83.4 Å². The van der Waals surface area contributed by atoms with Crippen LogP contribution in [0.1, 0.15) is 36.5 Å². The van der Waals surface area contributed by atoms with Gasteiger partial charge in [-0.25, -0.2) is 0 Å². The topological polar surface area (TPSA) is 45.0 Å². The van der Waals surface area contributed by atoms with E-state index in [1.165, 1.54) is 28.1 Å². The minimum absolute atomic E-state index is 0.0849. The van der Waals surface area contributed by atoms with E-state index >= 15 is 0 Å². The Kier molecular flexibility index (Phi) is 6.29. The van der Waals surface area contributed by atoms with E-state index in [4.69, 9.17) is 0 Å². The minimum Gasteiger partial charge on any atom is -0.284 e. The summed E-state index contributed by atoms with van der Waals surface area (Å²) >= 11 is 1.53. The monoisotopic (exact) mass is 415 g/mol. The molecule has 0 radical (unpaired) electrons. The summed E-state index contributed by atoms with van der Waals surface area (Å²) in [6.45, 7) is 4.67. The second-order valence-electron chi connectivity index (χ2n) is 7.50. The zero-order valence-corrected chi connectivity index (χ0v) is 18.1. The molecule has 1 aliphatic rings. The zero-order valence-electron chi connectivity index (χ0n) is 17.3. The van der Waals surface area contributed by atoms with Crippen molar-refractivity contribution in [1.82, 2.24) is 4.90 Å². The first-order chi connectivity index (χ1) is 14.7. The van der Waals surface area contributed by atoms with E-state index in [1.54, 1.807) is 11.1 Å². The van der Waals surface area contributed by atoms with Gasteiger partial charge in [-0.3, -0.25) is 9.69 Å². The van der Waals surface area contributed by atoms with Crippen molar-refractivity contribution in [3.8, 4) is 0 Å². The zero-order chi connectivity index (χ0) is 20.9. The highest BCUT2D eigenvalue weighted by Gasteiger charge is 2.37. The van der Waals surface area contributed by atoms with Crippen molar-refractivity contribution in [2.45, 2.75) is 38.5 Å². The third-order valence-electron chi connectivity index (χ3n) is 5.21. The Labute approximate surface area is 181 Å². The highest BCUT2D eigenvalue weighted by Crippen LogP contribution is 2.32. The van der Waals surface area contributed by atoms with Gasteiger partial charge in [0.15, 0.2) is 5.17 Å². The van der Waals surface area contributed by atoms with E-state index in [2.05, 4.69) is 48.3 Å². The smallest absolute Gasteiger partial charge is 0.242 e. The summed E-state index contributed by atoms with van der Waals surface area (Å²) in [6.07, 6.45) is 3.54. The van der Waals surface area contributed by atoms with Gasteiger partial charge in [-0.2, -0.15) is 5.10 Å². The highest BCUT2D eigenvalue weighted by atomic mass is 32.2. The molecule has 3 aromatic rings. The Morgan fingerprint density at radius 3 is 2.60 bits per heavy atom. The Hall–Kier alpha value is -2.92. The van der Waals surface area contributed by atoms with Gasteiger partial charge in [-0.15, -0.1) is 5.10 Å². The molecular weight excluding hydrogens is 390 g/mol. The number of carbonyl (C=O) groups excluding carboxylic acids is 1. The fourth-order valence-corrected chi connectivity index (χ4v) is 4.79. The molecule has 1 heterocycles. The molecule has 1 atom stereocenters. The highest BCUT2D eigenvalue weighted by molar-refractivity contribution is 8.15. The standard InChI is InChI=1S/C25H25N3OS/c1-3-7-23-24(29)28(17-21-10-6-9-20-8-4-5-11-22(20)21)25(30-23)27-26-16-19-14-12-18(2)13-15-19/h4-6,8-16,23H,3,7,17H2,1-2H3. The minimum atomic E-state index is -0.0849. The van der Waals surface area contributed by atoms with Crippen LogP contribution >= 0.6 is 11.8 Å². The van der Waals surface area contributed by atoms with Crippen LogP contribution in [0.2, 0.25) is 0 Å². The normalized spacial score (nSPS) is 18.2. The van der Waals surface area contributed by atoms with Gasteiger partial charge in [0.05, 0.1) is 18.0 Å². The lowest BCUT2D eigenvalue weighted by Crippen LogP contribution is -2.31. The third kappa shape index (κ3) is 4.46. The van der Waals surface area contributed by atoms with Gasteiger partial charge in [-0.05, 0) is 35.2 Å². The van der Waals surface area contributed by atoms with Crippen molar-refractivity contribution in [2.75, 3.05) is 0 Å². The number of aryl methyl sites for hydroxylation is 1. The van der Waals surface area contributed by atoms with E-state index in [1.807, 2.05) is 42.5 Å². The van der Waals surface area contributed by atoms with Gasteiger partial charge < -0.3 is 0 Å². The summed E-state index contributed by atoms with van der Waals surface area (Å²) in [6, 6.07) is 22.6. The first-order valence-corrected chi connectivity index (χ1v) is 11.2. The van der Waals surface area contributed by atoms with Gasteiger partial charge in [0, 0.05) is 0 Å². The lowest BCUT2D eigenvalue weighted by molar-refractivity contribution is -0.126. The van der Waals surface area contributed by atoms with Crippen LogP contribution in [-0.2, 0) is 11.3 Å². The van der Waals surface area contributed by atoms with E-state index < -0.39 is 0 Å². The van der Waals surface area contributed by atoms with Crippen molar-refractivity contribution < 1.29 is 4.79 Å². The van der Waals surface area contributed by atoms with Crippen LogP contribution in [0.15, 0.2) is 76.9 Å². The molecule has 0 aromatic heterocycles. The maximum atomic E-state index is 13.1. The lowest BCUT2D eigenvalue weighted by Gasteiger charge is -2.17. The number of nitrogens with zero attached hydrogens (tertiary/aromatic N) is 3. The quantitative estimate of drug-likeness (QED) is 0.378. The molecule has 4 rings (SSSR count). The second kappa shape index (κ2) is 9.26. The number of benzene rings is 3. The van der Waals surface area contributed by atoms with Crippen molar-refractivity contribution >= 4 is 39.8 Å². The molecule has 0 bridgehead atoms. The number of hydrogen-bond acceptors (Lipinski definition) is 4. The number of amides is 1. The molecule has 1 aliphatic heterocycles. The Balaban J connectivity index is 1.62. The first-order valence-electron chi connectivity index (χ1n) is 10.3. The Morgan fingerprint density at radius 2 is 1.80 bits per heavy atom. The van der Waals surface area contributed by atoms with E-state index in [-0.39, 0.29) is 11.2 Å². The van der Waals surface area contributed by atoms with Gasteiger partial charge in [0.2, 0.25) is 5.91 Å². The van der Waals surface area contributed by atoms with E-state index in [9.17, 15) is 4.79 Å². The Bertz CT molecular complexity index is 1100. The molecule has 0 spiro atoms. The van der Waals surface area contributed by atoms with Crippen molar-refractivity contribution in [2.24, 2.45) is 10.2 Å². The van der Waals surface area contributed by atoms with Crippen LogP contribution in [-0.4, -0.2) is 27.4 Å². The predicted molar refractivity (Wildman–Crippen MR) is 127 cm³/mol. The molecule has 1 amide bonds. The van der Waals surface area contributed by atoms with Crippen LogP contribution in [0.25, 0.3) is 10.8 Å². The number of fused-ring (bicyclic) bond motifs is 1. The van der Waals surface area contributed by atoms with Crippen molar-refractivity contribution in [1.29, 1.82) is 0 Å². The summed E-state index contributed by atoms with van der Waals surface area (Å²) in [5.41, 5.74) is 3.32. The average molecular weight is 416 g/mol. The molecule has 3 aromatic carbocycles. The molecule has 4 nitrogen and oxygen atoms in total. The molecule has 1 fully saturated rings. The van der Waals surface area contributed by atoms with Crippen LogP contribution in [0.4, 0.5) is 0 Å². The number of amidine groups is 1. The maximum Gasteiger partial charge on any atom is 0.242 e. The SMILES string of the molecule is CCCC1SC(=NN=Cc2ccc(C)cc2)N(Cc2cccc3ccccc23)C1=O. The molecule has 1 saturated heterocycles. The summed E-state index contributed by atoms with van der Waals surface area (Å²) in [4.78, 5) is 14.9. The van der Waals surface area contributed by atoms with E-state index in [0.29, 0.717) is 11.7 Å². The number of rotatable bonds is 6. The second-order valence-corrected chi connectivity index (χ2v) is 8.67.